The number of carbonyl (C=O) groups is 1. The third-order valence-corrected chi connectivity index (χ3v) is 4.44. The molecule has 0 saturated carbocycles. The van der Waals surface area contributed by atoms with Crippen LogP contribution in [0, 0.1) is 0 Å². The first kappa shape index (κ1) is 18.6. The maximum absolute atomic E-state index is 12.5. The van der Waals surface area contributed by atoms with Gasteiger partial charge in [0, 0.05) is 29.6 Å². The largest absolute Gasteiger partial charge is 0.481 e. The number of ether oxygens (including phenoxy) is 1. The maximum Gasteiger partial charge on any atom is 0.247 e. The number of amides is 1. The molecule has 0 fully saturated rings. The number of hydrogen-bond donors (Lipinski definition) is 1. The van der Waals surface area contributed by atoms with Crippen LogP contribution in [0.4, 0.5) is 5.82 Å². The zero-order valence-corrected chi connectivity index (χ0v) is 15.8. The van der Waals surface area contributed by atoms with Gasteiger partial charge in [0.2, 0.25) is 11.8 Å². The fraction of sp³-hybridized carbons (Fsp3) is 0.368. The number of nitrogens with one attached hydrogen (secondary N) is 1. The van der Waals surface area contributed by atoms with Crippen LogP contribution in [0.2, 0.25) is 0 Å². The molecule has 3 heterocycles. The highest BCUT2D eigenvalue weighted by Gasteiger charge is 2.15. The molecule has 0 aliphatic carbocycles. The molecular formula is C19H24N6O2. The van der Waals surface area contributed by atoms with E-state index in [0.717, 1.165) is 24.0 Å². The number of anilines is 1. The number of pyridine rings is 1. The molecule has 3 aromatic rings. The molecule has 0 saturated heterocycles. The standard InChI is InChI=1S/C19H24N6O2/c1-4-15(5-2)25-17(8-10-21-25)23-18(26)13-24-12-14(11-22-24)16-7-6-9-20-19(16)27-3/h6-12,15H,4-5,13H2,1-3H3,(H,23,26). The van der Waals surface area contributed by atoms with Gasteiger partial charge in [-0.2, -0.15) is 10.2 Å². The van der Waals surface area contributed by atoms with Crippen LogP contribution in [0.1, 0.15) is 32.7 Å². The van der Waals surface area contributed by atoms with Gasteiger partial charge in [-0.15, -0.1) is 0 Å². The van der Waals surface area contributed by atoms with Gasteiger partial charge in [-0.05, 0) is 25.0 Å². The Bertz CT molecular complexity index is 897. The van der Waals surface area contributed by atoms with E-state index in [1.54, 1.807) is 36.6 Å². The van der Waals surface area contributed by atoms with E-state index in [1.165, 1.54) is 0 Å². The Balaban J connectivity index is 1.70. The van der Waals surface area contributed by atoms with Crippen molar-refractivity contribution in [3.05, 3.63) is 43.0 Å². The van der Waals surface area contributed by atoms with Crippen molar-refractivity contribution in [2.45, 2.75) is 39.3 Å². The molecule has 0 atom stereocenters. The van der Waals surface area contributed by atoms with Crippen LogP contribution in [-0.2, 0) is 11.3 Å². The van der Waals surface area contributed by atoms with Crippen molar-refractivity contribution in [2.24, 2.45) is 0 Å². The fourth-order valence-electron chi connectivity index (χ4n) is 3.03. The monoisotopic (exact) mass is 368 g/mol. The quantitative estimate of drug-likeness (QED) is 0.660. The summed E-state index contributed by atoms with van der Waals surface area (Å²) in [5.74, 6) is 1.07. The number of nitrogens with zero attached hydrogens (tertiary/aromatic N) is 5. The molecule has 0 unspecified atom stereocenters. The average Bonchev–Trinajstić information content (AvgIpc) is 3.33. The van der Waals surface area contributed by atoms with Crippen LogP contribution in [0.5, 0.6) is 5.88 Å². The zero-order valence-electron chi connectivity index (χ0n) is 15.8. The normalized spacial score (nSPS) is 11.0. The van der Waals surface area contributed by atoms with Crippen LogP contribution < -0.4 is 10.1 Å². The number of carbonyl (C=O) groups excluding carboxylic acids is 1. The van der Waals surface area contributed by atoms with Gasteiger partial charge >= 0.3 is 0 Å². The molecule has 0 radical (unpaired) electrons. The summed E-state index contributed by atoms with van der Waals surface area (Å²) in [4.78, 5) is 16.6. The summed E-state index contributed by atoms with van der Waals surface area (Å²) in [6.07, 6.45) is 8.78. The second-order valence-electron chi connectivity index (χ2n) is 6.17. The van der Waals surface area contributed by atoms with Gasteiger partial charge in [-0.3, -0.25) is 9.48 Å². The number of rotatable bonds is 8. The molecule has 8 nitrogen and oxygen atoms in total. The van der Waals surface area contributed by atoms with Gasteiger partial charge in [0.1, 0.15) is 12.4 Å². The van der Waals surface area contributed by atoms with E-state index in [9.17, 15) is 4.79 Å². The Morgan fingerprint density at radius 3 is 2.78 bits per heavy atom. The molecule has 142 valence electrons. The van der Waals surface area contributed by atoms with E-state index >= 15 is 0 Å². The molecule has 3 aromatic heterocycles. The molecule has 8 heteroatoms. The van der Waals surface area contributed by atoms with E-state index < -0.39 is 0 Å². The molecule has 1 amide bonds. The van der Waals surface area contributed by atoms with Gasteiger partial charge in [-0.25, -0.2) is 9.67 Å². The summed E-state index contributed by atoms with van der Waals surface area (Å²) < 4.78 is 8.74. The highest BCUT2D eigenvalue weighted by Crippen LogP contribution is 2.26. The highest BCUT2D eigenvalue weighted by atomic mass is 16.5. The second-order valence-corrected chi connectivity index (χ2v) is 6.17. The van der Waals surface area contributed by atoms with Crippen molar-refractivity contribution in [2.75, 3.05) is 12.4 Å². The lowest BCUT2D eigenvalue weighted by Gasteiger charge is -2.16. The lowest BCUT2D eigenvalue weighted by molar-refractivity contribution is -0.117. The number of methoxy groups -OCH3 is 1. The van der Waals surface area contributed by atoms with Crippen LogP contribution in [0.25, 0.3) is 11.1 Å². The maximum atomic E-state index is 12.5. The minimum absolute atomic E-state index is 0.108. The molecule has 0 aliphatic heterocycles. The van der Waals surface area contributed by atoms with Crippen LogP contribution in [0.3, 0.4) is 0 Å². The van der Waals surface area contributed by atoms with Crippen molar-refractivity contribution in [1.82, 2.24) is 24.5 Å². The molecule has 1 N–H and O–H groups in total. The van der Waals surface area contributed by atoms with E-state index in [-0.39, 0.29) is 18.5 Å². The van der Waals surface area contributed by atoms with Crippen molar-refractivity contribution in [3.8, 4) is 17.0 Å². The Hall–Kier alpha value is -3.16. The van der Waals surface area contributed by atoms with E-state index in [1.807, 2.05) is 22.9 Å². The first-order chi connectivity index (χ1) is 13.2. The molecule has 0 spiro atoms. The van der Waals surface area contributed by atoms with Gasteiger partial charge in [-0.1, -0.05) is 13.8 Å². The lowest BCUT2D eigenvalue weighted by atomic mass is 10.1. The molecule has 27 heavy (non-hydrogen) atoms. The summed E-state index contributed by atoms with van der Waals surface area (Å²) in [5.41, 5.74) is 1.67. The van der Waals surface area contributed by atoms with Gasteiger partial charge < -0.3 is 10.1 Å². The predicted octanol–water partition coefficient (Wildman–Crippen LogP) is 3.15. The van der Waals surface area contributed by atoms with E-state index in [4.69, 9.17) is 4.74 Å². The highest BCUT2D eigenvalue weighted by molar-refractivity contribution is 5.89. The van der Waals surface area contributed by atoms with Crippen LogP contribution >= 0.6 is 0 Å². The second kappa shape index (κ2) is 8.48. The van der Waals surface area contributed by atoms with E-state index in [0.29, 0.717) is 11.7 Å². The van der Waals surface area contributed by atoms with Crippen molar-refractivity contribution in [3.63, 3.8) is 0 Å². The minimum atomic E-state index is -0.157. The SMILES string of the molecule is CCC(CC)n1nccc1NC(=O)Cn1cc(-c2cccnc2OC)cn1. The lowest BCUT2D eigenvalue weighted by Crippen LogP contribution is -2.22. The molecule has 0 bridgehead atoms. The van der Waals surface area contributed by atoms with Crippen molar-refractivity contribution < 1.29 is 9.53 Å². The first-order valence-electron chi connectivity index (χ1n) is 9.01. The third-order valence-electron chi connectivity index (χ3n) is 4.44. The predicted molar refractivity (Wildman–Crippen MR) is 102 cm³/mol. The first-order valence-corrected chi connectivity index (χ1v) is 9.01. The third kappa shape index (κ3) is 4.16. The van der Waals surface area contributed by atoms with Gasteiger partial charge in [0.25, 0.3) is 0 Å². The summed E-state index contributed by atoms with van der Waals surface area (Å²) in [7, 11) is 1.58. The molecule has 0 aliphatic rings. The smallest absolute Gasteiger partial charge is 0.247 e. The summed E-state index contributed by atoms with van der Waals surface area (Å²) >= 11 is 0. The van der Waals surface area contributed by atoms with E-state index in [2.05, 4.69) is 34.3 Å². The zero-order chi connectivity index (χ0) is 19.2. The summed E-state index contributed by atoms with van der Waals surface area (Å²) in [6, 6.07) is 5.82. The molecular weight excluding hydrogens is 344 g/mol. The van der Waals surface area contributed by atoms with Gasteiger partial charge in [0.15, 0.2) is 0 Å². The Labute approximate surface area is 158 Å². The number of hydrogen-bond acceptors (Lipinski definition) is 5. The van der Waals surface area contributed by atoms with Crippen LogP contribution in [0.15, 0.2) is 43.0 Å². The topological polar surface area (TPSA) is 86.9 Å². The molecule has 0 aromatic carbocycles. The fourth-order valence-corrected chi connectivity index (χ4v) is 3.03. The van der Waals surface area contributed by atoms with Crippen LogP contribution in [-0.4, -0.2) is 37.6 Å². The Morgan fingerprint density at radius 1 is 1.22 bits per heavy atom. The Kier molecular flexibility index (Phi) is 5.85. The summed E-state index contributed by atoms with van der Waals surface area (Å²) in [5, 5.41) is 11.5. The van der Waals surface area contributed by atoms with Gasteiger partial charge in [0.05, 0.1) is 25.5 Å². The minimum Gasteiger partial charge on any atom is -0.481 e. The number of aromatic nitrogens is 5. The average molecular weight is 368 g/mol. The van der Waals surface area contributed by atoms with Crippen molar-refractivity contribution in [1.29, 1.82) is 0 Å². The summed E-state index contributed by atoms with van der Waals surface area (Å²) in [6.45, 7) is 4.33. The molecule has 3 rings (SSSR count). The van der Waals surface area contributed by atoms with Crippen molar-refractivity contribution >= 4 is 11.7 Å². The Morgan fingerprint density at radius 2 is 2.04 bits per heavy atom.